The number of nitrogens with zero attached hydrogens (tertiary/aromatic N) is 5. The molecule has 1 aliphatic heterocycles. The van der Waals surface area contributed by atoms with Gasteiger partial charge in [-0.15, -0.1) is 0 Å². The van der Waals surface area contributed by atoms with Crippen molar-refractivity contribution in [2.75, 3.05) is 25.5 Å². The van der Waals surface area contributed by atoms with E-state index in [1.165, 1.54) is 0 Å². The SMILES string of the molecule is COc1ccc(Nc2cc(C)nc(C3CCCN(C(=O)c4cn5cccnc5n4)C3)c2)cc1. The van der Waals surface area contributed by atoms with Crippen LogP contribution in [0.2, 0.25) is 0 Å². The molecule has 8 heteroatoms. The zero-order valence-electron chi connectivity index (χ0n) is 18.7. The van der Waals surface area contributed by atoms with Crippen molar-refractivity contribution in [3.63, 3.8) is 0 Å². The lowest BCUT2D eigenvalue weighted by Crippen LogP contribution is -2.39. The van der Waals surface area contributed by atoms with E-state index in [-0.39, 0.29) is 11.8 Å². The van der Waals surface area contributed by atoms with Gasteiger partial charge in [0, 0.05) is 60.4 Å². The maximum Gasteiger partial charge on any atom is 0.274 e. The second kappa shape index (κ2) is 8.90. The van der Waals surface area contributed by atoms with Crippen LogP contribution in [0.25, 0.3) is 5.78 Å². The number of rotatable bonds is 5. The van der Waals surface area contributed by atoms with E-state index in [4.69, 9.17) is 9.72 Å². The molecule has 4 heterocycles. The van der Waals surface area contributed by atoms with Crippen LogP contribution in [0.1, 0.15) is 40.6 Å². The minimum atomic E-state index is -0.0607. The fourth-order valence-electron chi connectivity index (χ4n) is 4.31. The van der Waals surface area contributed by atoms with Crippen molar-refractivity contribution in [2.24, 2.45) is 0 Å². The van der Waals surface area contributed by atoms with E-state index >= 15 is 0 Å². The molecule has 168 valence electrons. The predicted molar refractivity (Wildman–Crippen MR) is 126 cm³/mol. The van der Waals surface area contributed by atoms with Gasteiger partial charge in [0.2, 0.25) is 5.78 Å². The summed E-state index contributed by atoms with van der Waals surface area (Å²) in [7, 11) is 1.66. The molecule has 1 N–H and O–H groups in total. The van der Waals surface area contributed by atoms with Crippen molar-refractivity contribution in [1.29, 1.82) is 0 Å². The van der Waals surface area contributed by atoms with Crippen molar-refractivity contribution in [3.05, 3.63) is 78.1 Å². The number of aromatic nitrogens is 4. The molecule has 8 nitrogen and oxygen atoms in total. The monoisotopic (exact) mass is 442 g/mol. The summed E-state index contributed by atoms with van der Waals surface area (Å²) in [6.07, 6.45) is 7.19. The van der Waals surface area contributed by atoms with Crippen LogP contribution < -0.4 is 10.1 Å². The highest BCUT2D eigenvalue weighted by Crippen LogP contribution is 2.30. The Labute approximate surface area is 192 Å². The first-order chi connectivity index (χ1) is 16.1. The lowest BCUT2D eigenvalue weighted by molar-refractivity contribution is 0.0700. The van der Waals surface area contributed by atoms with E-state index in [0.29, 0.717) is 18.0 Å². The minimum Gasteiger partial charge on any atom is -0.497 e. The Morgan fingerprint density at radius 3 is 2.79 bits per heavy atom. The second-order valence-electron chi connectivity index (χ2n) is 8.32. The number of anilines is 2. The predicted octanol–water partition coefficient (Wildman–Crippen LogP) is 4.20. The van der Waals surface area contributed by atoms with Crippen LogP contribution in [0.5, 0.6) is 5.75 Å². The van der Waals surface area contributed by atoms with Gasteiger partial charge in [-0.05, 0) is 62.2 Å². The number of hydrogen-bond donors (Lipinski definition) is 1. The van der Waals surface area contributed by atoms with Gasteiger partial charge in [-0.25, -0.2) is 9.97 Å². The van der Waals surface area contributed by atoms with Crippen LogP contribution in [0.15, 0.2) is 61.1 Å². The summed E-state index contributed by atoms with van der Waals surface area (Å²) >= 11 is 0. The Bertz CT molecular complexity index is 1250. The average molecular weight is 443 g/mol. The molecule has 1 saturated heterocycles. The molecular weight excluding hydrogens is 416 g/mol. The maximum atomic E-state index is 13.2. The number of benzene rings is 1. The zero-order chi connectivity index (χ0) is 22.8. The fraction of sp³-hybridized carbons (Fsp3) is 0.280. The standard InChI is InChI=1S/C25H26N6O2/c1-17-13-20(28-19-6-8-21(33-2)9-7-19)14-22(27-17)18-5-3-11-30(15-18)24(32)23-16-31-12-4-10-26-25(31)29-23/h4,6-10,12-14,16,18H,3,5,11,15H2,1-2H3,(H,27,28). The molecule has 0 aliphatic carbocycles. The summed E-state index contributed by atoms with van der Waals surface area (Å²) in [6.45, 7) is 3.34. The molecule has 1 atom stereocenters. The Hall–Kier alpha value is -3.94. The van der Waals surface area contributed by atoms with Gasteiger partial charge >= 0.3 is 0 Å². The van der Waals surface area contributed by atoms with Crippen LogP contribution in [0, 0.1) is 6.92 Å². The van der Waals surface area contributed by atoms with E-state index in [0.717, 1.165) is 47.9 Å². The number of carbonyl (C=O) groups excluding carboxylic acids is 1. The first-order valence-electron chi connectivity index (χ1n) is 11.1. The summed E-state index contributed by atoms with van der Waals surface area (Å²) in [5.74, 6) is 1.47. The minimum absolute atomic E-state index is 0.0607. The zero-order valence-corrected chi connectivity index (χ0v) is 18.7. The highest BCUT2D eigenvalue weighted by molar-refractivity contribution is 5.92. The highest BCUT2D eigenvalue weighted by Gasteiger charge is 2.28. The fourth-order valence-corrected chi connectivity index (χ4v) is 4.31. The normalized spacial score (nSPS) is 16.1. The first kappa shape index (κ1) is 20.9. The molecular formula is C25H26N6O2. The summed E-state index contributed by atoms with van der Waals surface area (Å²) < 4.78 is 7.01. The molecule has 1 aliphatic rings. The van der Waals surface area contributed by atoms with Gasteiger partial charge in [-0.3, -0.25) is 14.2 Å². The third-order valence-electron chi connectivity index (χ3n) is 5.93. The first-order valence-corrected chi connectivity index (χ1v) is 11.1. The van der Waals surface area contributed by atoms with E-state index in [2.05, 4.69) is 21.4 Å². The van der Waals surface area contributed by atoms with Crippen LogP contribution in [-0.4, -0.2) is 50.4 Å². The van der Waals surface area contributed by atoms with Crippen molar-refractivity contribution in [1.82, 2.24) is 24.3 Å². The van der Waals surface area contributed by atoms with Crippen LogP contribution in [0.3, 0.4) is 0 Å². The number of pyridine rings is 1. The van der Waals surface area contributed by atoms with Gasteiger partial charge in [0.05, 0.1) is 7.11 Å². The maximum absolute atomic E-state index is 13.2. The number of methoxy groups -OCH3 is 1. The number of fused-ring (bicyclic) bond motifs is 1. The number of carbonyl (C=O) groups is 1. The average Bonchev–Trinajstić information content (AvgIpc) is 3.28. The molecule has 1 amide bonds. The molecule has 1 fully saturated rings. The molecule has 0 radical (unpaired) electrons. The van der Waals surface area contributed by atoms with Gasteiger partial charge in [0.25, 0.3) is 5.91 Å². The summed E-state index contributed by atoms with van der Waals surface area (Å²) in [5, 5.41) is 3.45. The van der Waals surface area contributed by atoms with E-state index in [1.807, 2.05) is 54.4 Å². The smallest absolute Gasteiger partial charge is 0.274 e. The van der Waals surface area contributed by atoms with E-state index in [9.17, 15) is 4.79 Å². The number of ether oxygens (including phenoxy) is 1. The van der Waals surface area contributed by atoms with E-state index in [1.54, 1.807) is 23.9 Å². The Kier molecular flexibility index (Phi) is 5.64. The molecule has 1 aromatic carbocycles. The van der Waals surface area contributed by atoms with Gasteiger partial charge in [-0.2, -0.15) is 0 Å². The molecule has 0 bridgehead atoms. The number of hydrogen-bond acceptors (Lipinski definition) is 6. The van der Waals surface area contributed by atoms with Gasteiger partial charge in [0.1, 0.15) is 11.4 Å². The third-order valence-corrected chi connectivity index (χ3v) is 5.93. The molecule has 1 unspecified atom stereocenters. The van der Waals surface area contributed by atoms with Gasteiger partial charge in [-0.1, -0.05) is 0 Å². The van der Waals surface area contributed by atoms with Crippen molar-refractivity contribution >= 4 is 23.1 Å². The van der Waals surface area contributed by atoms with Gasteiger partial charge < -0.3 is 15.0 Å². The van der Waals surface area contributed by atoms with Crippen molar-refractivity contribution < 1.29 is 9.53 Å². The molecule has 3 aromatic heterocycles. The van der Waals surface area contributed by atoms with Gasteiger partial charge in [0.15, 0.2) is 0 Å². The number of aryl methyl sites for hydroxylation is 1. The lowest BCUT2D eigenvalue weighted by Gasteiger charge is -2.32. The summed E-state index contributed by atoms with van der Waals surface area (Å²) in [4.78, 5) is 28.5. The Morgan fingerprint density at radius 2 is 2.00 bits per heavy atom. The number of piperidine rings is 1. The largest absolute Gasteiger partial charge is 0.497 e. The third kappa shape index (κ3) is 4.50. The summed E-state index contributed by atoms with van der Waals surface area (Å²) in [6, 6.07) is 13.8. The van der Waals surface area contributed by atoms with E-state index < -0.39 is 0 Å². The molecule has 33 heavy (non-hydrogen) atoms. The lowest BCUT2D eigenvalue weighted by atomic mass is 9.93. The van der Waals surface area contributed by atoms with Crippen LogP contribution in [-0.2, 0) is 0 Å². The number of likely N-dealkylation sites (tertiary alicyclic amines) is 1. The number of imidazole rings is 1. The molecule has 4 aromatic rings. The topological polar surface area (TPSA) is 84.7 Å². The Balaban J connectivity index is 1.33. The molecule has 0 spiro atoms. The van der Waals surface area contributed by atoms with Crippen LogP contribution >= 0.6 is 0 Å². The number of amides is 1. The Morgan fingerprint density at radius 1 is 1.15 bits per heavy atom. The summed E-state index contributed by atoms with van der Waals surface area (Å²) in [5.41, 5.74) is 4.33. The molecule has 0 saturated carbocycles. The quantitative estimate of drug-likeness (QED) is 0.499. The highest BCUT2D eigenvalue weighted by atomic mass is 16.5. The second-order valence-corrected chi connectivity index (χ2v) is 8.32. The molecule has 5 rings (SSSR count). The number of nitrogens with one attached hydrogen (secondary N) is 1. The van der Waals surface area contributed by atoms with Crippen LogP contribution in [0.4, 0.5) is 11.4 Å². The van der Waals surface area contributed by atoms with Crippen molar-refractivity contribution in [3.8, 4) is 5.75 Å². The van der Waals surface area contributed by atoms with Crippen molar-refractivity contribution in [2.45, 2.75) is 25.7 Å².